The van der Waals surface area contributed by atoms with Crippen LogP contribution in [0.3, 0.4) is 0 Å². The molecule has 1 aromatic heterocycles. The summed E-state index contributed by atoms with van der Waals surface area (Å²) in [6.07, 6.45) is 0.733. The largest absolute Gasteiger partial charge is 0.506 e. The molecule has 0 bridgehead atoms. The molecule has 0 unspecified atom stereocenters. The predicted molar refractivity (Wildman–Crippen MR) is 107 cm³/mol. The first-order chi connectivity index (χ1) is 11.9. The molecule has 134 valence electrons. The summed E-state index contributed by atoms with van der Waals surface area (Å²) in [6, 6.07) is 5.22. The average Bonchev–Trinajstić information content (AvgIpc) is 2.86. The number of benzene rings is 1. The summed E-state index contributed by atoms with van der Waals surface area (Å²) in [4.78, 5) is 13.4. The van der Waals surface area contributed by atoms with E-state index in [1.165, 1.54) is 11.3 Å². The van der Waals surface area contributed by atoms with Crippen molar-refractivity contribution in [2.45, 2.75) is 34.1 Å². The molecule has 0 fully saturated rings. The Labute approximate surface area is 157 Å². The number of thiophene rings is 1. The van der Waals surface area contributed by atoms with Crippen LogP contribution >= 0.6 is 23.6 Å². The first-order valence-corrected chi connectivity index (χ1v) is 9.26. The monoisotopic (exact) mass is 378 g/mol. The summed E-state index contributed by atoms with van der Waals surface area (Å²) in [7, 11) is 0. The van der Waals surface area contributed by atoms with Crippen LogP contribution in [0.5, 0.6) is 5.75 Å². The number of nitrogens with one attached hydrogen (secondary N) is 2. The van der Waals surface area contributed by atoms with Gasteiger partial charge in [0, 0.05) is 4.88 Å². The van der Waals surface area contributed by atoms with Gasteiger partial charge in [-0.05, 0) is 62.7 Å². The fraction of sp³-hybridized carbons (Fsp3) is 0.333. The first-order valence-electron chi connectivity index (χ1n) is 8.04. The number of anilines is 2. The number of thiocarbonyl (C=S) groups is 1. The van der Waals surface area contributed by atoms with Crippen LogP contribution < -0.4 is 10.6 Å². The van der Waals surface area contributed by atoms with Gasteiger partial charge in [-0.15, -0.1) is 11.3 Å². The lowest BCUT2D eigenvalue weighted by atomic mass is 10.1. The van der Waals surface area contributed by atoms with E-state index in [1.807, 2.05) is 26.8 Å². The standard InChI is InChI=1S/C18H22N2O3S2/c1-5-12-11(4)25-16(15(12)17(22)23-6-2)20-18(24)19-13-9-10(3)7-8-14(13)21/h7-9,21H,5-6H2,1-4H3,(H2,19,20,24). The molecule has 5 nitrogen and oxygen atoms in total. The Morgan fingerprint density at radius 1 is 1.28 bits per heavy atom. The Hall–Kier alpha value is -2.12. The summed E-state index contributed by atoms with van der Waals surface area (Å²) < 4.78 is 5.18. The third-order valence-electron chi connectivity index (χ3n) is 3.67. The average molecular weight is 379 g/mol. The van der Waals surface area contributed by atoms with Crippen molar-refractivity contribution in [2.24, 2.45) is 0 Å². The Morgan fingerprint density at radius 2 is 2.00 bits per heavy atom. The number of ether oxygens (including phenoxy) is 1. The SMILES string of the molecule is CCOC(=O)c1c(NC(=S)Nc2cc(C)ccc2O)sc(C)c1CC. The molecule has 25 heavy (non-hydrogen) atoms. The van der Waals surface area contributed by atoms with Crippen molar-refractivity contribution in [3.8, 4) is 5.75 Å². The van der Waals surface area contributed by atoms with E-state index >= 15 is 0 Å². The molecule has 0 aliphatic rings. The molecule has 2 rings (SSSR count). The van der Waals surface area contributed by atoms with Gasteiger partial charge >= 0.3 is 5.97 Å². The number of hydrogen-bond donors (Lipinski definition) is 3. The zero-order valence-electron chi connectivity index (χ0n) is 14.7. The molecule has 3 N–H and O–H groups in total. The molecule has 0 saturated carbocycles. The van der Waals surface area contributed by atoms with Crippen molar-refractivity contribution in [2.75, 3.05) is 17.2 Å². The zero-order chi connectivity index (χ0) is 18.6. The van der Waals surface area contributed by atoms with E-state index < -0.39 is 0 Å². The van der Waals surface area contributed by atoms with E-state index in [2.05, 4.69) is 10.6 Å². The van der Waals surface area contributed by atoms with Gasteiger partial charge in [0.15, 0.2) is 5.11 Å². The molecule has 0 atom stereocenters. The molecule has 2 aromatic rings. The van der Waals surface area contributed by atoms with E-state index in [0.29, 0.717) is 28.0 Å². The number of carbonyl (C=O) groups is 1. The molecule has 1 heterocycles. The molecule has 0 amide bonds. The van der Waals surface area contributed by atoms with Gasteiger partial charge in [0.05, 0.1) is 17.9 Å². The van der Waals surface area contributed by atoms with Crippen molar-refractivity contribution in [3.05, 3.63) is 39.8 Å². The summed E-state index contributed by atoms with van der Waals surface area (Å²) >= 11 is 6.81. The number of aryl methyl sites for hydroxylation is 2. The number of hydrogen-bond acceptors (Lipinski definition) is 5. The van der Waals surface area contributed by atoms with Crippen molar-refractivity contribution in [1.29, 1.82) is 0 Å². The number of rotatable bonds is 5. The number of esters is 1. The van der Waals surface area contributed by atoms with E-state index in [1.54, 1.807) is 19.1 Å². The number of phenols is 1. The topological polar surface area (TPSA) is 70.6 Å². The fourth-order valence-electron chi connectivity index (χ4n) is 2.52. The van der Waals surface area contributed by atoms with Gasteiger partial charge in [0.1, 0.15) is 10.8 Å². The molecular formula is C18H22N2O3S2. The summed E-state index contributed by atoms with van der Waals surface area (Å²) in [6.45, 7) is 8.00. The molecule has 7 heteroatoms. The molecule has 0 spiro atoms. The first kappa shape index (κ1) is 19.2. The molecule has 0 aliphatic heterocycles. The number of phenolic OH excluding ortho intramolecular Hbond substituents is 1. The van der Waals surface area contributed by atoms with Crippen LogP contribution in [0, 0.1) is 13.8 Å². The van der Waals surface area contributed by atoms with E-state index in [4.69, 9.17) is 17.0 Å². The van der Waals surface area contributed by atoms with Crippen LogP contribution in [0.4, 0.5) is 10.7 Å². The highest BCUT2D eigenvalue weighted by Gasteiger charge is 2.22. The Bertz CT molecular complexity index is 800. The maximum absolute atomic E-state index is 12.3. The lowest BCUT2D eigenvalue weighted by Crippen LogP contribution is -2.20. The quantitative estimate of drug-likeness (QED) is 0.401. The highest BCUT2D eigenvalue weighted by molar-refractivity contribution is 7.80. The summed E-state index contributed by atoms with van der Waals surface area (Å²) in [5, 5.41) is 16.9. The van der Waals surface area contributed by atoms with Crippen LogP contribution in [0.2, 0.25) is 0 Å². The molecule has 0 radical (unpaired) electrons. The minimum Gasteiger partial charge on any atom is -0.506 e. The maximum atomic E-state index is 12.3. The van der Waals surface area contributed by atoms with Crippen molar-refractivity contribution < 1.29 is 14.6 Å². The number of aromatic hydroxyl groups is 1. The third-order valence-corrected chi connectivity index (χ3v) is 4.94. The second kappa shape index (κ2) is 8.31. The lowest BCUT2D eigenvalue weighted by Gasteiger charge is -2.13. The van der Waals surface area contributed by atoms with E-state index in [-0.39, 0.29) is 11.7 Å². The third kappa shape index (κ3) is 4.49. The van der Waals surface area contributed by atoms with Crippen LogP contribution in [0.25, 0.3) is 0 Å². The van der Waals surface area contributed by atoms with Crippen molar-refractivity contribution >= 4 is 45.3 Å². The Balaban J connectivity index is 2.25. The van der Waals surface area contributed by atoms with Gasteiger partial charge in [-0.2, -0.15) is 0 Å². The second-order valence-electron chi connectivity index (χ2n) is 5.51. The molecule has 1 aromatic carbocycles. The van der Waals surface area contributed by atoms with Crippen LogP contribution in [0.1, 0.15) is 40.2 Å². The van der Waals surface area contributed by atoms with E-state index in [0.717, 1.165) is 22.4 Å². The van der Waals surface area contributed by atoms with Crippen molar-refractivity contribution in [1.82, 2.24) is 0 Å². The van der Waals surface area contributed by atoms with Crippen molar-refractivity contribution in [3.63, 3.8) is 0 Å². The van der Waals surface area contributed by atoms with Gasteiger partial charge in [-0.3, -0.25) is 0 Å². The Morgan fingerprint density at radius 3 is 2.64 bits per heavy atom. The van der Waals surface area contributed by atoms with Gasteiger partial charge in [-0.1, -0.05) is 13.0 Å². The van der Waals surface area contributed by atoms with Gasteiger partial charge in [0.25, 0.3) is 0 Å². The second-order valence-corrected chi connectivity index (χ2v) is 7.15. The molecule has 0 saturated heterocycles. The lowest BCUT2D eigenvalue weighted by molar-refractivity contribution is 0.0527. The zero-order valence-corrected chi connectivity index (χ0v) is 16.4. The smallest absolute Gasteiger partial charge is 0.341 e. The maximum Gasteiger partial charge on any atom is 0.341 e. The Kier molecular flexibility index (Phi) is 6.39. The highest BCUT2D eigenvalue weighted by Crippen LogP contribution is 2.34. The van der Waals surface area contributed by atoms with Gasteiger partial charge < -0.3 is 20.5 Å². The number of carbonyl (C=O) groups excluding carboxylic acids is 1. The predicted octanol–water partition coefficient (Wildman–Crippen LogP) is 4.62. The van der Waals surface area contributed by atoms with Crippen LogP contribution in [-0.2, 0) is 11.2 Å². The minimum absolute atomic E-state index is 0.108. The van der Waals surface area contributed by atoms with Gasteiger partial charge in [0.2, 0.25) is 0 Å². The van der Waals surface area contributed by atoms with E-state index in [9.17, 15) is 9.90 Å². The van der Waals surface area contributed by atoms with Gasteiger partial charge in [-0.25, -0.2) is 4.79 Å². The minimum atomic E-state index is -0.354. The normalized spacial score (nSPS) is 10.4. The highest BCUT2D eigenvalue weighted by atomic mass is 32.1. The molecule has 0 aliphatic carbocycles. The van der Waals surface area contributed by atoms with Crippen LogP contribution in [0.15, 0.2) is 18.2 Å². The summed E-state index contributed by atoms with van der Waals surface area (Å²) in [5.74, 6) is -0.246. The molecular weight excluding hydrogens is 356 g/mol. The fourth-order valence-corrected chi connectivity index (χ4v) is 3.93. The van der Waals surface area contributed by atoms with Crippen LogP contribution in [-0.4, -0.2) is 22.8 Å². The summed E-state index contributed by atoms with van der Waals surface area (Å²) in [5.41, 5.74) is 3.01.